The Balaban J connectivity index is 3.13. The molecule has 1 N–H and O–H groups in total. The van der Waals surface area contributed by atoms with E-state index in [0.29, 0.717) is 5.71 Å². The van der Waals surface area contributed by atoms with Gasteiger partial charge in [-0.05, 0) is 44.8 Å². The normalized spacial score (nSPS) is 12.1. The average Bonchev–Trinajstić information content (AvgIpc) is 2.28. The van der Waals surface area contributed by atoms with Crippen LogP contribution in [0, 0.1) is 0 Å². The molecular weight excluding hydrogens is 294 g/mol. The second-order valence-electron chi connectivity index (χ2n) is 1.91. The molecule has 0 atom stereocenters. The maximum Gasteiger partial charge on any atom is 0.0948 e. The zero-order valence-corrected chi connectivity index (χ0v) is 9.62. The number of halogens is 2. The Morgan fingerprint density at radius 1 is 1.64 bits per heavy atom. The minimum absolute atomic E-state index is 0.618. The Morgan fingerprint density at radius 2 is 2.27 bits per heavy atom. The number of hydrogen-bond acceptors (Lipinski definition) is 3. The van der Waals surface area contributed by atoms with Gasteiger partial charge in [-0.1, -0.05) is 5.16 Å². The van der Waals surface area contributed by atoms with Gasteiger partial charge in [-0.2, -0.15) is 0 Å². The monoisotopic (exact) mass is 297 g/mol. The summed E-state index contributed by atoms with van der Waals surface area (Å²) in [6.45, 7) is 1.75. The smallest absolute Gasteiger partial charge is 0.0948 e. The summed E-state index contributed by atoms with van der Waals surface area (Å²) in [6.07, 6.45) is 0. The van der Waals surface area contributed by atoms with Crippen molar-refractivity contribution < 1.29 is 5.21 Å². The Morgan fingerprint density at radius 3 is 2.64 bits per heavy atom. The molecule has 0 saturated heterocycles. The van der Waals surface area contributed by atoms with E-state index in [1.165, 1.54) is 11.3 Å². The van der Waals surface area contributed by atoms with E-state index in [4.69, 9.17) is 5.21 Å². The summed E-state index contributed by atoms with van der Waals surface area (Å²) in [5.41, 5.74) is 0.618. The van der Waals surface area contributed by atoms with Crippen LogP contribution in [0.15, 0.2) is 19.5 Å². The number of oxime groups is 1. The lowest BCUT2D eigenvalue weighted by Gasteiger charge is -1.91. The van der Waals surface area contributed by atoms with Crippen LogP contribution in [0.2, 0.25) is 0 Å². The third-order valence-corrected chi connectivity index (χ3v) is 3.77. The first-order valence-electron chi connectivity index (χ1n) is 2.79. The maximum atomic E-state index is 8.48. The Hall–Kier alpha value is 0.130. The van der Waals surface area contributed by atoms with Crippen molar-refractivity contribution in [2.75, 3.05) is 0 Å². The fraction of sp³-hybridized carbons (Fsp3) is 0.167. The molecule has 0 bridgehead atoms. The molecule has 0 fully saturated rings. The molecule has 1 aromatic rings. The summed E-state index contributed by atoms with van der Waals surface area (Å²) in [7, 11) is 0. The van der Waals surface area contributed by atoms with Crippen LogP contribution in [0.4, 0.5) is 0 Å². The van der Waals surface area contributed by atoms with Gasteiger partial charge < -0.3 is 5.21 Å². The van der Waals surface area contributed by atoms with Gasteiger partial charge in [0.25, 0.3) is 0 Å². The van der Waals surface area contributed by atoms with E-state index in [-0.39, 0.29) is 0 Å². The maximum absolute atomic E-state index is 8.48. The van der Waals surface area contributed by atoms with E-state index in [1.54, 1.807) is 6.92 Å². The second kappa shape index (κ2) is 3.69. The van der Waals surface area contributed by atoms with Gasteiger partial charge in [0.15, 0.2) is 0 Å². The predicted octanol–water partition coefficient (Wildman–Crippen LogP) is 3.47. The van der Waals surface area contributed by atoms with Crippen LogP contribution in [-0.4, -0.2) is 10.9 Å². The molecule has 11 heavy (non-hydrogen) atoms. The Kier molecular flexibility index (Phi) is 3.09. The van der Waals surface area contributed by atoms with Gasteiger partial charge in [0.1, 0.15) is 0 Å². The van der Waals surface area contributed by atoms with Crippen molar-refractivity contribution in [3.63, 3.8) is 0 Å². The number of thiophene rings is 1. The lowest BCUT2D eigenvalue weighted by Crippen LogP contribution is -1.89. The zero-order valence-electron chi connectivity index (χ0n) is 5.64. The minimum atomic E-state index is 0.618. The molecule has 60 valence electrons. The minimum Gasteiger partial charge on any atom is -0.411 e. The highest BCUT2D eigenvalue weighted by atomic mass is 79.9. The van der Waals surface area contributed by atoms with Crippen molar-refractivity contribution in [2.45, 2.75) is 6.92 Å². The molecule has 1 heterocycles. The third kappa shape index (κ3) is 2.04. The molecular formula is C6H5Br2NOS. The molecule has 0 radical (unpaired) electrons. The van der Waals surface area contributed by atoms with Gasteiger partial charge in [-0.25, -0.2) is 0 Å². The summed E-state index contributed by atoms with van der Waals surface area (Å²) >= 11 is 8.21. The topological polar surface area (TPSA) is 32.6 Å². The molecule has 0 unspecified atom stereocenters. The van der Waals surface area contributed by atoms with Crippen LogP contribution in [0.3, 0.4) is 0 Å². The average molecular weight is 299 g/mol. The van der Waals surface area contributed by atoms with Gasteiger partial charge in [0.2, 0.25) is 0 Å². The standard InChI is InChI=1S/C6H5Br2NOS/c1-3(9-10)6-4(7)2-5(8)11-6/h2,10H,1H3/b9-3-. The fourth-order valence-electron chi connectivity index (χ4n) is 0.633. The summed E-state index contributed by atoms with van der Waals surface area (Å²) in [5.74, 6) is 0. The van der Waals surface area contributed by atoms with E-state index >= 15 is 0 Å². The number of rotatable bonds is 1. The van der Waals surface area contributed by atoms with Crippen molar-refractivity contribution in [1.29, 1.82) is 0 Å². The van der Waals surface area contributed by atoms with E-state index in [1.807, 2.05) is 6.07 Å². The molecule has 0 saturated carbocycles. The van der Waals surface area contributed by atoms with Crippen molar-refractivity contribution in [1.82, 2.24) is 0 Å². The lowest BCUT2D eigenvalue weighted by molar-refractivity contribution is 0.319. The van der Waals surface area contributed by atoms with Gasteiger partial charge in [0.05, 0.1) is 14.4 Å². The number of nitrogens with zero attached hydrogens (tertiary/aromatic N) is 1. The quantitative estimate of drug-likeness (QED) is 0.481. The van der Waals surface area contributed by atoms with Crippen LogP contribution in [0.25, 0.3) is 0 Å². The summed E-state index contributed by atoms with van der Waals surface area (Å²) in [5, 5.41) is 11.6. The van der Waals surface area contributed by atoms with Crippen molar-refractivity contribution >= 4 is 48.9 Å². The predicted molar refractivity (Wildman–Crippen MR) is 53.7 cm³/mol. The molecule has 0 aliphatic rings. The highest BCUT2D eigenvalue weighted by molar-refractivity contribution is 9.11. The summed E-state index contributed by atoms with van der Waals surface area (Å²) in [6, 6.07) is 1.93. The van der Waals surface area contributed by atoms with Crippen LogP contribution in [0.5, 0.6) is 0 Å². The van der Waals surface area contributed by atoms with Gasteiger partial charge >= 0.3 is 0 Å². The zero-order chi connectivity index (χ0) is 8.43. The van der Waals surface area contributed by atoms with Crippen molar-refractivity contribution in [2.24, 2.45) is 5.16 Å². The Bertz CT molecular complexity index is 295. The van der Waals surface area contributed by atoms with Gasteiger partial charge in [-0.15, -0.1) is 11.3 Å². The van der Waals surface area contributed by atoms with E-state index in [0.717, 1.165) is 13.1 Å². The second-order valence-corrected chi connectivity index (χ2v) is 5.20. The molecule has 1 rings (SSSR count). The first-order valence-corrected chi connectivity index (χ1v) is 5.19. The SMILES string of the molecule is C/C(=N/O)c1sc(Br)cc1Br. The van der Waals surface area contributed by atoms with Crippen LogP contribution in [-0.2, 0) is 0 Å². The molecule has 2 nitrogen and oxygen atoms in total. The molecule has 0 aliphatic carbocycles. The molecule has 0 spiro atoms. The molecule has 0 aromatic carbocycles. The number of hydrogen-bond donors (Lipinski definition) is 1. The van der Waals surface area contributed by atoms with Crippen molar-refractivity contribution in [3.8, 4) is 0 Å². The fourth-order valence-corrected chi connectivity index (χ4v) is 3.28. The van der Waals surface area contributed by atoms with Crippen LogP contribution in [0.1, 0.15) is 11.8 Å². The van der Waals surface area contributed by atoms with Gasteiger partial charge in [-0.3, -0.25) is 0 Å². The Labute approximate surface area is 85.2 Å². The first kappa shape index (κ1) is 9.22. The van der Waals surface area contributed by atoms with E-state index < -0.39 is 0 Å². The molecule has 0 aliphatic heterocycles. The highest BCUT2D eigenvalue weighted by Gasteiger charge is 2.07. The molecule has 1 aromatic heterocycles. The van der Waals surface area contributed by atoms with Crippen molar-refractivity contribution in [3.05, 3.63) is 19.2 Å². The van der Waals surface area contributed by atoms with Crippen LogP contribution < -0.4 is 0 Å². The van der Waals surface area contributed by atoms with Crippen LogP contribution >= 0.6 is 43.2 Å². The van der Waals surface area contributed by atoms with E-state index in [2.05, 4.69) is 37.0 Å². The summed E-state index contributed by atoms with van der Waals surface area (Å²) in [4.78, 5) is 0.944. The summed E-state index contributed by atoms with van der Waals surface area (Å²) < 4.78 is 1.96. The third-order valence-electron chi connectivity index (χ3n) is 1.14. The molecule has 0 amide bonds. The largest absolute Gasteiger partial charge is 0.411 e. The first-order chi connectivity index (χ1) is 5.15. The lowest BCUT2D eigenvalue weighted by atomic mass is 10.3. The van der Waals surface area contributed by atoms with E-state index in [9.17, 15) is 0 Å². The highest BCUT2D eigenvalue weighted by Crippen LogP contribution is 2.31. The van der Waals surface area contributed by atoms with Gasteiger partial charge in [0, 0.05) is 4.47 Å². The molecule has 5 heteroatoms.